The second-order valence-corrected chi connectivity index (χ2v) is 6.58. The number of nitrogens with two attached hydrogens (primary N) is 1. The second-order valence-electron chi connectivity index (χ2n) is 6.58. The van der Waals surface area contributed by atoms with E-state index in [1.165, 1.54) is 37.7 Å². The Morgan fingerprint density at radius 3 is 2.57 bits per heavy atom. The Morgan fingerprint density at radius 2 is 1.95 bits per heavy atom. The van der Waals surface area contributed by atoms with Gasteiger partial charge >= 0.3 is 0 Å². The minimum atomic E-state index is 0.215. The molecule has 116 valence electrons. The van der Waals surface area contributed by atoms with Crippen LogP contribution < -0.4 is 15.2 Å². The summed E-state index contributed by atoms with van der Waals surface area (Å²) >= 11 is 0. The van der Waals surface area contributed by atoms with Crippen molar-refractivity contribution in [1.82, 2.24) is 0 Å². The molecule has 21 heavy (non-hydrogen) atoms. The fourth-order valence-corrected chi connectivity index (χ4v) is 4.03. The van der Waals surface area contributed by atoms with Crippen molar-refractivity contribution in [3.63, 3.8) is 0 Å². The zero-order valence-electron chi connectivity index (χ0n) is 13.2. The van der Waals surface area contributed by atoms with Crippen molar-refractivity contribution in [2.24, 2.45) is 11.1 Å². The average molecular weight is 289 g/mol. The summed E-state index contributed by atoms with van der Waals surface area (Å²) in [5.74, 6) is 1.72. The first-order valence-corrected chi connectivity index (χ1v) is 8.29. The molecule has 1 spiro atoms. The fourth-order valence-electron chi connectivity index (χ4n) is 4.03. The number of methoxy groups -OCH3 is 1. The Hall–Kier alpha value is -1.22. The standard InChI is InChI=1S/C18H27NO2/c1-3-13-7-8-14(15(11-13)20-2)21-17-12-16(19)18(17)9-5-4-6-10-18/h7-8,11,16-17H,3-6,9-10,12,19H2,1-2H3. The van der Waals surface area contributed by atoms with Gasteiger partial charge < -0.3 is 15.2 Å². The Morgan fingerprint density at radius 1 is 1.19 bits per heavy atom. The summed E-state index contributed by atoms with van der Waals surface area (Å²) in [5, 5.41) is 0. The van der Waals surface area contributed by atoms with Gasteiger partial charge in [0.15, 0.2) is 11.5 Å². The van der Waals surface area contributed by atoms with Gasteiger partial charge in [-0.25, -0.2) is 0 Å². The van der Waals surface area contributed by atoms with Crippen LogP contribution in [0.1, 0.15) is 51.0 Å². The highest BCUT2D eigenvalue weighted by atomic mass is 16.5. The SMILES string of the molecule is CCc1ccc(OC2CC(N)C23CCCCC3)c(OC)c1. The molecular weight excluding hydrogens is 262 g/mol. The summed E-state index contributed by atoms with van der Waals surface area (Å²) in [5.41, 5.74) is 7.83. The van der Waals surface area contributed by atoms with Crippen molar-refractivity contribution in [3.8, 4) is 11.5 Å². The number of hydrogen-bond donors (Lipinski definition) is 1. The highest BCUT2D eigenvalue weighted by Crippen LogP contribution is 2.52. The van der Waals surface area contributed by atoms with Crippen molar-refractivity contribution >= 4 is 0 Å². The lowest BCUT2D eigenvalue weighted by atomic mass is 9.55. The Balaban J connectivity index is 1.77. The highest BCUT2D eigenvalue weighted by molar-refractivity contribution is 5.43. The molecule has 1 aromatic rings. The lowest BCUT2D eigenvalue weighted by Crippen LogP contribution is -2.64. The van der Waals surface area contributed by atoms with Crippen LogP contribution in [-0.2, 0) is 6.42 Å². The summed E-state index contributed by atoms with van der Waals surface area (Å²) in [7, 11) is 1.71. The van der Waals surface area contributed by atoms with Gasteiger partial charge in [0.1, 0.15) is 6.10 Å². The van der Waals surface area contributed by atoms with Crippen molar-refractivity contribution in [2.45, 2.75) is 64.0 Å². The van der Waals surface area contributed by atoms with E-state index in [2.05, 4.69) is 25.1 Å². The number of hydrogen-bond acceptors (Lipinski definition) is 3. The molecule has 2 aliphatic rings. The highest BCUT2D eigenvalue weighted by Gasteiger charge is 2.55. The molecule has 2 aliphatic carbocycles. The minimum Gasteiger partial charge on any atom is -0.493 e. The van der Waals surface area contributed by atoms with E-state index in [4.69, 9.17) is 15.2 Å². The monoisotopic (exact) mass is 289 g/mol. The molecule has 0 saturated heterocycles. The molecule has 3 nitrogen and oxygen atoms in total. The molecule has 3 heteroatoms. The van der Waals surface area contributed by atoms with E-state index >= 15 is 0 Å². The average Bonchev–Trinajstić information content (AvgIpc) is 2.55. The molecule has 3 rings (SSSR count). The normalized spacial score (nSPS) is 27.2. The molecule has 2 fully saturated rings. The van der Waals surface area contributed by atoms with Gasteiger partial charge in [-0.1, -0.05) is 32.3 Å². The van der Waals surface area contributed by atoms with Crippen LogP contribution in [0.2, 0.25) is 0 Å². The van der Waals surface area contributed by atoms with Crippen molar-refractivity contribution < 1.29 is 9.47 Å². The number of aryl methyl sites for hydroxylation is 1. The van der Waals surface area contributed by atoms with Crippen LogP contribution in [0.5, 0.6) is 11.5 Å². The van der Waals surface area contributed by atoms with Crippen LogP contribution >= 0.6 is 0 Å². The van der Waals surface area contributed by atoms with Crippen LogP contribution in [0.25, 0.3) is 0 Å². The minimum absolute atomic E-state index is 0.215. The molecule has 0 aliphatic heterocycles. The fraction of sp³-hybridized carbons (Fsp3) is 0.667. The predicted molar refractivity (Wildman–Crippen MR) is 84.9 cm³/mol. The maximum Gasteiger partial charge on any atom is 0.161 e. The maximum atomic E-state index is 6.34. The molecule has 0 amide bonds. The number of ether oxygens (including phenoxy) is 2. The van der Waals surface area contributed by atoms with Crippen LogP contribution in [0.3, 0.4) is 0 Å². The third-order valence-electron chi connectivity index (χ3n) is 5.54. The third-order valence-corrected chi connectivity index (χ3v) is 5.54. The Bertz CT molecular complexity index is 494. The van der Waals surface area contributed by atoms with Gasteiger partial charge in [-0.15, -0.1) is 0 Å². The van der Waals surface area contributed by atoms with Gasteiger partial charge in [0.25, 0.3) is 0 Å². The summed E-state index contributed by atoms with van der Waals surface area (Å²) < 4.78 is 11.8. The van der Waals surface area contributed by atoms with E-state index in [1.807, 2.05) is 0 Å². The van der Waals surface area contributed by atoms with Gasteiger partial charge in [0.05, 0.1) is 7.11 Å². The zero-order valence-corrected chi connectivity index (χ0v) is 13.2. The number of benzene rings is 1. The van der Waals surface area contributed by atoms with Crippen molar-refractivity contribution in [1.29, 1.82) is 0 Å². The molecule has 0 heterocycles. The predicted octanol–water partition coefficient (Wildman–Crippen LogP) is 3.69. The lowest BCUT2D eigenvalue weighted by Gasteiger charge is -2.56. The largest absolute Gasteiger partial charge is 0.493 e. The van der Waals surface area contributed by atoms with Crippen molar-refractivity contribution in [2.75, 3.05) is 7.11 Å². The summed E-state index contributed by atoms with van der Waals surface area (Å²) in [6.07, 6.45) is 8.60. The smallest absolute Gasteiger partial charge is 0.161 e. The van der Waals surface area contributed by atoms with Crippen molar-refractivity contribution in [3.05, 3.63) is 23.8 Å². The summed E-state index contributed by atoms with van der Waals surface area (Å²) in [4.78, 5) is 0. The van der Waals surface area contributed by atoms with Crippen LogP contribution in [0.4, 0.5) is 0 Å². The summed E-state index contributed by atoms with van der Waals surface area (Å²) in [6, 6.07) is 6.58. The molecule has 1 aromatic carbocycles. The van der Waals surface area contributed by atoms with Crippen LogP contribution in [-0.4, -0.2) is 19.3 Å². The first-order valence-electron chi connectivity index (χ1n) is 8.29. The molecule has 2 atom stereocenters. The molecule has 0 radical (unpaired) electrons. The van der Waals surface area contributed by atoms with Crippen LogP contribution in [0, 0.1) is 5.41 Å². The molecule has 2 saturated carbocycles. The molecule has 0 bridgehead atoms. The van der Waals surface area contributed by atoms with E-state index in [0.717, 1.165) is 24.3 Å². The van der Waals surface area contributed by atoms with Gasteiger partial charge in [-0.2, -0.15) is 0 Å². The van der Waals surface area contributed by atoms with Gasteiger partial charge in [0, 0.05) is 17.9 Å². The summed E-state index contributed by atoms with van der Waals surface area (Å²) in [6.45, 7) is 2.15. The maximum absolute atomic E-state index is 6.34. The zero-order chi connectivity index (χ0) is 14.9. The number of rotatable bonds is 4. The van der Waals surface area contributed by atoms with E-state index < -0.39 is 0 Å². The van der Waals surface area contributed by atoms with E-state index in [9.17, 15) is 0 Å². The Kier molecular flexibility index (Phi) is 4.12. The third kappa shape index (κ3) is 2.52. The first kappa shape index (κ1) is 14.7. The van der Waals surface area contributed by atoms with Gasteiger partial charge in [-0.05, 0) is 37.0 Å². The Labute approximate surface area is 127 Å². The molecule has 0 aromatic heterocycles. The lowest BCUT2D eigenvalue weighted by molar-refractivity contribution is -0.0905. The van der Waals surface area contributed by atoms with Crippen LogP contribution in [0.15, 0.2) is 18.2 Å². The van der Waals surface area contributed by atoms with E-state index in [0.29, 0.717) is 6.04 Å². The molecular formula is C18H27NO2. The van der Waals surface area contributed by atoms with E-state index in [1.54, 1.807) is 7.11 Å². The molecule has 2 unspecified atom stereocenters. The molecule has 2 N–H and O–H groups in total. The first-order chi connectivity index (χ1) is 10.2. The van der Waals surface area contributed by atoms with Gasteiger partial charge in [-0.3, -0.25) is 0 Å². The second kappa shape index (κ2) is 5.88. The van der Waals surface area contributed by atoms with Gasteiger partial charge in [0.2, 0.25) is 0 Å². The topological polar surface area (TPSA) is 44.5 Å². The quantitative estimate of drug-likeness (QED) is 0.919. The van der Waals surface area contributed by atoms with E-state index in [-0.39, 0.29) is 11.5 Å².